The van der Waals surface area contributed by atoms with E-state index in [0.29, 0.717) is 25.5 Å². The molecule has 0 aromatic carbocycles. The predicted molar refractivity (Wildman–Crippen MR) is 61.1 cm³/mol. The van der Waals surface area contributed by atoms with Gasteiger partial charge in [-0.05, 0) is 20.8 Å². The normalized spacial score (nSPS) is 9.94. The number of carbonyl (C=O) groups is 1. The second kappa shape index (κ2) is 5.99. The second-order valence-corrected chi connectivity index (χ2v) is 3.44. The van der Waals surface area contributed by atoms with Crippen LogP contribution in [-0.2, 0) is 4.79 Å². The summed E-state index contributed by atoms with van der Waals surface area (Å²) in [5, 5.41) is 13.5. The minimum Gasteiger partial charge on any atom is -0.356 e. The molecule has 0 bridgehead atoms. The molecule has 0 radical (unpaired) electrons. The van der Waals surface area contributed by atoms with Crippen molar-refractivity contribution in [2.75, 3.05) is 18.4 Å². The zero-order chi connectivity index (χ0) is 12.0. The minimum absolute atomic E-state index is 0.0202. The average Bonchev–Trinajstić information content (AvgIpc) is 2.24. The van der Waals surface area contributed by atoms with Crippen molar-refractivity contribution >= 4 is 11.9 Å². The van der Waals surface area contributed by atoms with Crippen LogP contribution in [0.5, 0.6) is 0 Å². The number of nitrogens with one attached hydrogen (secondary N) is 2. The summed E-state index contributed by atoms with van der Waals surface area (Å²) < 4.78 is 0. The lowest BCUT2D eigenvalue weighted by Gasteiger charge is -2.05. The number of carbonyl (C=O) groups excluding carboxylic acids is 1. The Kier molecular flexibility index (Phi) is 4.63. The smallest absolute Gasteiger partial charge is 0.242 e. The Labute approximate surface area is 94.9 Å². The molecule has 0 saturated carbocycles. The fraction of sp³-hybridized carbons (Fsp3) is 0.600. The van der Waals surface area contributed by atoms with Gasteiger partial charge in [-0.25, -0.2) is 4.98 Å². The van der Waals surface area contributed by atoms with Crippen LogP contribution in [0.1, 0.15) is 24.7 Å². The number of nitrogens with zero attached hydrogens (tertiary/aromatic N) is 3. The van der Waals surface area contributed by atoms with Gasteiger partial charge in [-0.2, -0.15) is 5.10 Å². The molecule has 2 N–H and O–H groups in total. The first-order valence-corrected chi connectivity index (χ1v) is 5.32. The molecule has 0 aliphatic heterocycles. The topological polar surface area (TPSA) is 79.8 Å². The van der Waals surface area contributed by atoms with Gasteiger partial charge in [0.1, 0.15) is 0 Å². The average molecular weight is 223 g/mol. The first-order valence-electron chi connectivity index (χ1n) is 5.32. The molecular weight excluding hydrogens is 206 g/mol. The largest absolute Gasteiger partial charge is 0.356 e. The molecule has 0 aliphatic rings. The summed E-state index contributed by atoms with van der Waals surface area (Å²) in [4.78, 5) is 15.3. The monoisotopic (exact) mass is 223 g/mol. The molecule has 0 saturated heterocycles. The maximum Gasteiger partial charge on any atom is 0.242 e. The Morgan fingerprint density at radius 1 is 1.25 bits per heavy atom. The Bertz CT molecular complexity index is 366. The van der Waals surface area contributed by atoms with E-state index in [2.05, 4.69) is 25.8 Å². The van der Waals surface area contributed by atoms with Crippen molar-refractivity contribution < 1.29 is 4.79 Å². The van der Waals surface area contributed by atoms with Gasteiger partial charge in [0.2, 0.25) is 11.9 Å². The third-order valence-electron chi connectivity index (χ3n) is 2.10. The summed E-state index contributed by atoms with van der Waals surface area (Å²) in [6.45, 7) is 6.78. The molecule has 1 aromatic rings. The summed E-state index contributed by atoms with van der Waals surface area (Å²) in [5.41, 5.74) is 1.66. The van der Waals surface area contributed by atoms with Crippen molar-refractivity contribution in [2.45, 2.75) is 27.2 Å². The molecule has 1 amide bonds. The van der Waals surface area contributed by atoms with Crippen LogP contribution >= 0.6 is 0 Å². The van der Waals surface area contributed by atoms with Crippen molar-refractivity contribution in [3.8, 4) is 0 Å². The molecule has 0 spiro atoms. The second-order valence-electron chi connectivity index (χ2n) is 3.44. The Morgan fingerprint density at radius 3 is 2.62 bits per heavy atom. The molecule has 6 heteroatoms. The van der Waals surface area contributed by atoms with E-state index in [1.165, 1.54) is 0 Å². The van der Waals surface area contributed by atoms with Gasteiger partial charge in [-0.3, -0.25) is 4.79 Å². The highest BCUT2D eigenvalue weighted by Gasteiger charge is 2.02. The predicted octanol–water partition coefficient (Wildman–Crippen LogP) is 0.427. The molecule has 0 fully saturated rings. The van der Waals surface area contributed by atoms with Crippen LogP contribution in [0.2, 0.25) is 0 Å². The van der Waals surface area contributed by atoms with Crippen LogP contribution in [0.15, 0.2) is 0 Å². The number of rotatable bonds is 5. The third-order valence-corrected chi connectivity index (χ3v) is 2.10. The highest BCUT2D eigenvalue weighted by atomic mass is 16.1. The molecule has 0 atom stereocenters. The van der Waals surface area contributed by atoms with Gasteiger partial charge in [-0.15, -0.1) is 5.10 Å². The first kappa shape index (κ1) is 12.4. The number of aryl methyl sites for hydroxylation is 2. The van der Waals surface area contributed by atoms with E-state index >= 15 is 0 Å². The lowest BCUT2D eigenvalue weighted by Crippen LogP contribution is -2.25. The van der Waals surface area contributed by atoms with Gasteiger partial charge in [-0.1, -0.05) is 0 Å². The zero-order valence-electron chi connectivity index (χ0n) is 9.87. The maximum absolute atomic E-state index is 11.1. The van der Waals surface area contributed by atoms with E-state index in [-0.39, 0.29) is 5.91 Å². The van der Waals surface area contributed by atoms with Gasteiger partial charge in [0.05, 0.1) is 11.4 Å². The maximum atomic E-state index is 11.1. The molecule has 88 valence electrons. The summed E-state index contributed by atoms with van der Waals surface area (Å²) in [6.07, 6.45) is 0.407. The highest BCUT2D eigenvalue weighted by Crippen LogP contribution is 2.01. The summed E-state index contributed by atoms with van der Waals surface area (Å²) in [6, 6.07) is 0. The van der Waals surface area contributed by atoms with Crippen molar-refractivity contribution in [3.63, 3.8) is 0 Å². The molecule has 6 nitrogen and oxygen atoms in total. The van der Waals surface area contributed by atoms with Crippen molar-refractivity contribution in [2.24, 2.45) is 0 Å². The van der Waals surface area contributed by atoms with Crippen molar-refractivity contribution in [1.29, 1.82) is 0 Å². The van der Waals surface area contributed by atoms with Crippen LogP contribution in [-0.4, -0.2) is 34.2 Å². The Balaban J connectivity index is 2.37. The van der Waals surface area contributed by atoms with Crippen LogP contribution in [0.4, 0.5) is 5.95 Å². The molecular formula is C10H17N5O. The number of hydrogen-bond acceptors (Lipinski definition) is 5. The van der Waals surface area contributed by atoms with Crippen LogP contribution in [0, 0.1) is 13.8 Å². The van der Waals surface area contributed by atoms with Crippen LogP contribution in [0.25, 0.3) is 0 Å². The number of anilines is 1. The van der Waals surface area contributed by atoms with Gasteiger partial charge in [0.15, 0.2) is 0 Å². The van der Waals surface area contributed by atoms with Gasteiger partial charge in [0, 0.05) is 19.5 Å². The SMILES string of the molecule is CCNC(=O)CCNc1nnc(C)c(C)n1. The Hall–Kier alpha value is -1.72. The number of hydrogen-bond donors (Lipinski definition) is 2. The summed E-state index contributed by atoms with van der Waals surface area (Å²) in [5.74, 6) is 0.485. The third kappa shape index (κ3) is 3.80. The lowest BCUT2D eigenvalue weighted by atomic mass is 10.4. The van der Waals surface area contributed by atoms with Gasteiger partial charge >= 0.3 is 0 Å². The fourth-order valence-electron chi connectivity index (χ4n) is 1.11. The van der Waals surface area contributed by atoms with Gasteiger partial charge < -0.3 is 10.6 Å². The lowest BCUT2D eigenvalue weighted by molar-refractivity contribution is -0.120. The van der Waals surface area contributed by atoms with E-state index in [1.807, 2.05) is 20.8 Å². The van der Waals surface area contributed by atoms with E-state index in [4.69, 9.17) is 0 Å². The van der Waals surface area contributed by atoms with E-state index < -0.39 is 0 Å². The zero-order valence-corrected chi connectivity index (χ0v) is 9.87. The minimum atomic E-state index is 0.0202. The van der Waals surface area contributed by atoms with Gasteiger partial charge in [0.25, 0.3) is 0 Å². The van der Waals surface area contributed by atoms with Crippen molar-refractivity contribution in [3.05, 3.63) is 11.4 Å². The number of aromatic nitrogens is 3. The molecule has 0 unspecified atom stereocenters. The quantitative estimate of drug-likeness (QED) is 0.756. The highest BCUT2D eigenvalue weighted by molar-refractivity contribution is 5.76. The number of amides is 1. The first-order chi connectivity index (χ1) is 7.63. The molecule has 1 rings (SSSR count). The molecule has 1 heterocycles. The van der Waals surface area contributed by atoms with Crippen LogP contribution in [0.3, 0.4) is 0 Å². The molecule has 0 aliphatic carbocycles. The van der Waals surface area contributed by atoms with Crippen LogP contribution < -0.4 is 10.6 Å². The Morgan fingerprint density at radius 2 is 2.00 bits per heavy atom. The molecule has 16 heavy (non-hydrogen) atoms. The van der Waals surface area contributed by atoms with E-state index in [0.717, 1.165) is 11.4 Å². The molecule has 1 aromatic heterocycles. The van der Waals surface area contributed by atoms with E-state index in [9.17, 15) is 4.79 Å². The summed E-state index contributed by atoms with van der Waals surface area (Å²) in [7, 11) is 0. The summed E-state index contributed by atoms with van der Waals surface area (Å²) >= 11 is 0. The fourth-order valence-corrected chi connectivity index (χ4v) is 1.11. The van der Waals surface area contributed by atoms with Crippen molar-refractivity contribution in [1.82, 2.24) is 20.5 Å². The van der Waals surface area contributed by atoms with E-state index in [1.54, 1.807) is 0 Å². The standard InChI is InChI=1S/C10H17N5O/c1-4-11-9(16)5-6-12-10-13-7(2)8(3)14-15-10/h4-6H2,1-3H3,(H,11,16)(H,12,13,15).